The van der Waals surface area contributed by atoms with Gasteiger partial charge in [-0.05, 0) is 36.1 Å². The number of rotatable bonds is 5. The summed E-state index contributed by atoms with van der Waals surface area (Å²) in [6.45, 7) is 0.268. The number of carbonyl (C=O) groups excluding carboxylic acids is 2. The summed E-state index contributed by atoms with van der Waals surface area (Å²) in [4.78, 5) is 25.7. The van der Waals surface area contributed by atoms with Gasteiger partial charge in [-0.3, -0.25) is 9.69 Å². The van der Waals surface area contributed by atoms with Gasteiger partial charge in [-0.1, -0.05) is 54.1 Å². The van der Waals surface area contributed by atoms with Crippen molar-refractivity contribution >= 4 is 23.5 Å². The highest BCUT2D eigenvalue weighted by Gasteiger charge is 2.37. The number of carbonyl (C=O) groups is 2. The van der Waals surface area contributed by atoms with Crippen LogP contribution in [-0.4, -0.2) is 22.9 Å². The van der Waals surface area contributed by atoms with Crippen LogP contribution in [0.2, 0.25) is 5.02 Å². The molecule has 4 nitrogen and oxygen atoms in total. The molecular formula is C18H17ClN2O2. The molecular weight excluding hydrogens is 312 g/mol. The summed E-state index contributed by atoms with van der Waals surface area (Å²) in [5, 5.41) is 3.40. The first-order valence-electron chi connectivity index (χ1n) is 7.54. The van der Waals surface area contributed by atoms with Crippen LogP contribution in [0.1, 0.15) is 17.5 Å². The molecule has 1 aliphatic heterocycles. The van der Waals surface area contributed by atoms with E-state index in [1.165, 1.54) is 4.90 Å². The molecule has 1 aliphatic rings. The molecule has 23 heavy (non-hydrogen) atoms. The van der Waals surface area contributed by atoms with Crippen LogP contribution >= 0.6 is 11.6 Å². The molecule has 0 unspecified atom stereocenters. The van der Waals surface area contributed by atoms with Crippen molar-refractivity contribution in [2.75, 3.05) is 0 Å². The van der Waals surface area contributed by atoms with Crippen molar-refractivity contribution in [3.8, 4) is 0 Å². The third kappa shape index (κ3) is 3.71. The minimum Gasteiger partial charge on any atom is -0.326 e. The van der Waals surface area contributed by atoms with Crippen molar-refractivity contribution in [2.24, 2.45) is 0 Å². The maximum Gasteiger partial charge on any atom is 0.325 e. The van der Waals surface area contributed by atoms with E-state index in [1.54, 1.807) is 12.1 Å². The molecule has 0 aromatic heterocycles. The topological polar surface area (TPSA) is 49.4 Å². The van der Waals surface area contributed by atoms with Crippen molar-refractivity contribution in [3.05, 3.63) is 70.7 Å². The minimum absolute atomic E-state index is 0.166. The lowest BCUT2D eigenvalue weighted by Crippen LogP contribution is -2.31. The fourth-order valence-corrected chi connectivity index (χ4v) is 2.78. The maximum absolute atomic E-state index is 12.4. The number of aryl methyl sites for hydroxylation is 1. The summed E-state index contributed by atoms with van der Waals surface area (Å²) >= 11 is 5.85. The van der Waals surface area contributed by atoms with Gasteiger partial charge < -0.3 is 5.32 Å². The first-order valence-corrected chi connectivity index (χ1v) is 7.91. The van der Waals surface area contributed by atoms with E-state index in [0.29, 0.717) is 11.4 Å². The number of amides is 3. The van der Waals surface area contributed by atoms with Gasteiger partial charge in [0.1, 0.15) is 6.04 Å². The molecule has 2 aromatic carbocycles. The van der Waals surface area contributed by atoms with Gasteiger partial charge in [-0.2, -0.15) is 0 Å². The number of nitrogens with zero attached hydrogens (tertiary/aromatic N) is 1. The molecule has 0 aliphatic carbocycles. The largest absolute Gasteiger partial charge is 0.326 e. The van der Waals surface area contributed by atoms with Gasteiger partial charge in [0.2, 0.25) is 0 Å². The summed E-state index contributed by atoms with van der Waals surface area (Å²) in [7, 11) is 0. The van der Waals surface area contributed by atoms with Gasteiger partial charge in [0.15, 0.2) is 0 Å². The number of hydrogen-bond donors (Lipinski definition) is 1. The Kier molecular flexibility index (Phi) is 4.63. The number of hydrogen-bond acceptors (Lipinski definition) is 2. The van der Waals surface area contributed by atoms with E-state index < -0.39 is 6.04 Å². The first kappa shape index (κ1) is 15.6. The summed E-state index contributed by atoms with van der Waals surface area (Å²) in [5.74, 6) is -0.166. The highest BCUT2D eigenvalue weighted by atomic mass is 35.5. The van der Waals surface area contributed by atoms with Crippen LogP contribution < -0.4 is 5.32 Å². The molecule has 3 amide bonds. The van der Waals surface area contributed by atoms with Crippen molar-refractivity contribution in [3.63, 3.8) is 0 Å². The van der Waals surface area contributed by atoms with Crippen LogP contribution in [0.4, 0.5) is 4.79 Å². The van der Waals surface area contributed by atoms with Gasteiger partial charge in [0.25, 0.3) is 5.91 Å². The summed E-state index contributed by atoms with van der Waals surface area (Å²) in [5.41, 5.74) is 2.03. The molecule has 1 N–H and O–H groups in total. The summed E-state index contributed by atoms with van der Waals surface area (Å²) < 4.78 is 0. The third-order valence-corrected chi connectivity index (χ3v) is 4.18. The van der Waals surface area contributed by atoms with Crippen LogP contribution in [-0.2, 0) is 17.8 Å². The monoisotopic (exact) mass is 328 g/mol. The molecule has 0 bridgehead atoms. The Bertz CT molecular complexity index is 701. The zero-order valence-electron chi connectivity index (χ0n) is 12.5. The highest BCUT2D eigenvalue weighted by molar-refractivity contribution is 6.30. The zero-order valence-corrected chi connectivity index (χ0v) is 13.3. The Balaban J connectivity index is 1.62. The molecule has 0 saturated carbocycles. The molecule has 0 spiro atoms. The summed E-state index contributed by atoms with van der Waals surface area (Å²) in [6, 6.07) is 16.3. The van der Waals surface area contributed by atoms with E-state index in [-0.39, 0.29) is 18.5 Å². The number of nitrogens with one attached hydrogen (secondary N) is 1. The molecule has 1 heterocycles. The molecule has 118 valence electrons. The van der Waals surface area contributed by atoms with E-state index in [4.69, 9.17) is 11.6 Å². The fourth-order valence-electron chi connectivity index (χ4n) is 2.65. The highest BCUT2D eigenvalue weighted by Crippen LogP contribution is 2.17. The van der Waals surface area contributed by atoms with E-state index in [1.807, 2.05) is 42.5 Å². The van der Waals surface area contributed by atoms with Gasteiger partial charge in [-0.15, -0.1) is 0 Å². The predicted molar refractivity (Wildman–Crippen MR) is 89.1 cm³/mol. The van der Waals surface area contributed by atoms with Crippen LogP contribution in [0.5, 0.6) is 0 Å². The fraction of sp³-hybridized carbons (Fsp3) is 0.222. The quantitative estimate of drug-likeness (QED) is 0.855. The summed E-state index contributed by atoms with van der Waals surface area (Å²) in [6.07, 6.45) is 1.36. The SMILES string of the molecule is O=C1N[C@H](CCc2ccccc2)C(=O)N1Cc1ccc(Cl)cc1. The van der Waals surface area contributed by atoms with Crippen LogP contribution in [0.25, 0.3) is 0 Å². The second-order valence-electron chi connectivity index (χ2n) is 5.58. The Morgan fingerprint density at radius 3 is 2.35 bits per heavy atom. The Labute approximate surface area is 140 Å². The van der Waals surface area contributed by atoms with Crippen molar-refractivity contribution in [1.29, 1.82) is 0 Å². The second kappa shape index (κ2) is 6.84. The number of benzene rings is 2. The van der Waals surface area contributed by atoms with Gasteiger partial charge >= 0.3 is 6.03 Å². The third-order valence-electron chi connectivity index (χ3n) is 3.93. The Hall–Kier alpha value is -2.33. The van der Waals surface area contributed by atoms with Crippen LogP contribution in [0.3, 0.4) is 0 Å². The minimum atomic E-state index is -0.449. The standard InChI is InChI=1S/C18H17ClN2O2/c19-15-9-6-14(7-10-15)12-21-17(22)16(20-18(21)23)11-8-13-4-2-1-3-5-13/h1-7,9-10,16H,8,11-12H2,(H,20,23)/t16-/m1/s1. The van der Waals surface area contributed by atoms with Crippen LogP contribution in [0.15, 0.2) is 54.6 Å². The van der Waals surface area contributed by atoms with Crippen molar-refractivity contribution in [2.45, 2.75) is 25.4 Å². The lowest BCUT2D eigenvalue weighted by Gasteiger charge is -2.13. The Morgan fingerprint density at radius 2 is 1.65 bits per heavy atom. The van der Waals surface area contributed by atoms with Gasteiger partial charge in [-0.25, -0.2) is 4.79 Å². The van der Waals surface area contributed by atoms with Crippen molar-refractivity contribution < 1.29 is 9.59 Å². The van der Waals surface area contributed by atoms with E-state index in [0.717, 1.165) is 17.5 Å². The lowest BCUT2D eigenvalue weighted by molar-refractivity contribution is -0.128. The average Bonchev–Trinajstić information content (AvgIpc) is 2.83. The smallest absolute Gasteiger partial charge is 0.325 e. The number of urea groups is 1. The second-order valence-corrected chi connectivity index (χ2v) is 6.01. The normalized spacial score (nSPS) is 17.4. The van der Waals surface area contributed by atoms with E-state index in [9.17, 15) is 9.59 Å². The number of halogens is 1. The average molecular weight is 329 g/mol. The molecule has 2 aromatic rings. The number of imide groups is 1. The van der Waals surface area contributed by atoms with E-state index >= 15 is 0 Å². The predicted octanol–water partition coefficient (Wildman–Crippen LogP) is 3.39. The maximum atomic E-state index is 12.4. The molecule has 0 radical (unpaired) electrons. The lowest BCUT2D eigenvalue weighted by atomic mass is 10.1. The van der Waals surface area contributed by atoms with Crippen molar-refractivity contribution in [1.82, 2.24) is 10.2 Å². The zero-order chi connectivity index (χ0) is 16.2. The Morgan fingerprint density at radius 1 is 0.957 bits per heavy atom. The van der Waals surface area contributed by atoms with Gasteiger partial charge in [0, 0.05) is 5.02 Å². The molecule has 5 heteroatoms. The molecule has 1 fully saturated rings. The van der Waals surface area contributed by atoms with E-state index in [2.05, 4.69) is 5.32 Å². The van der Waals surface area contributed by atoms with Crippen LogP contribution in [0, 0.1) is 0 Å². The first-order chi connectivity index (χ1) is 11.1. The van der Waals surface area contributed by atoms with Gasteiger partial charge in [0.05, 0.1) is 6.54 Å². The molecule has 3 rings (SSSR count). The molecule has 1 saturated heterocycles. The molecule has 1 atom stereocenters.